The maximum absolute atomic E-state index is 14.1. The number of anilines is 1. The van der Waals surface area contributed by atoms with Crippen LogP contribution in [0.4, 0.5) is 18.9 Å². The number of hydrogen-bond acceptors (Lipinski definition) is 5. The van der Waals surface area contributed by atoms with Gasteiger partial charge in [0.1, 0.15) is 5.75 Å². The highest BCUT2D eigenvalue weighted by Crippen LogP contribution is 2.46. The zero-order valence-electron chi connectivity index (χ0n) is 20.3. The number of allylic oxidation sites excluding steroid dienone is 2. The van der Waals surface area contributed by atoms with E-state index in [0.29, 0.717) is 34.3 Å². The van der Waals surface area contributed by atoms with Gasteiger partial charge in [0.15, 0.2) is 0 Å². The summed E-state index contributed by atoms with van der Waals surface area (Å²) in [6.07, 6.45) is -2.49. The third-order valence-corrected chi connectivity index (χ3v) is 6.91. The first-order valence-corrected chi connectivity index (χ1v) is 12.6. The van der Waals surface area contributed by atoms with Gasteiger partial charge in [-0.1, -0.05) is 50.6 Å². The molecule has 1 atom stereocenters. The maximum Gasteiger partial charge on any atom is 0.416 e. The summed E-state index contributed by atoms with van der Waals surface area (Å²) >= 11 is 1.39. The van der Waals surface area contributed by atoms with E-state index < -0.39 is 23.6 Å². The summed E-state index contributed by atoms with van der Waals surface area (Å²) in [5, 5.41) is 16.6. The van der Waals surface area contributed by atoms with Crippen molar-refractivity contribution in [2.24, 2.45) is 0 Å². The first-order chi connectivity index (χ1) is 17.3. The van der Waals surface area contributed by atoms with Crippen molar-refractivity contribution in [1.82, 2.24) is 5.32 Å². The lowest BCUT2D eigenvalue weighted by Crippen LogP contribution is -2.32. The van der Waals surface area contributed by atoms with E-state index in [9.17, 15) is 23.2 Å². The zero-order chi connectivity index (χ0) is 26.3. The van der Waals surface area contributed by atoms with Crippen molar-refractivity contribution in [3.8, 4) is 11.8 Å². The third kappa shape index (κ3) is 5.88. The quantitative estimate of drug-likeness (QED) is 0.353. The van der Waals surface area contributed by atoms with E-state index in [-0.39, 0.29) is 16.7 Å². The van der Waals surface area contributed by atoms with Crippen LogP contribution in [0.5, 0.6) is 5.75 Å². The van der Waals surface area contributed by atoms with Crippen LogP contribution in [0.25, 0.3) is 0 Å². The molecule has 0 saturated heterocycles. The molecule has 9 heteroatoms. The molecule has 0 aliphatic carbocycles. The molecule has 0 saturated carbocycles. The number of rotatable bonds is 9. The molecular formula is C27H28F3N3O2S. The highest BCUT2D eigenvalue weighted by molar-refractivity contribution is 8.03. The predicted molar refractivity (Wildman–Crippen MR) is 136 cm³/mol. The van der Waals surface area contributed by atoms with Crippen LogP contribution < -0.4 is 15.4 Å². The molecule has 2 N–H and O–H groups in total. The van der Waals surface area contributed by atoms with Crippen LogP contribution in [0.15, 0.2) is 70.4 Å². The minimum atomic E-state index is -4.66. The fourth-order valence-electron chi connectivity index (χ4n) is 4.07. The number of ether oxygens (including phenoxy) is 1. The first-order valence-electron chi connectivity index (χ1n) is 11.6. The van der Waals surface area contributed by atoms with Crippen molar-refractivity contribution in [3.63, 3.8) is 0 Å². The smallest absolute Gasteiger partial charge is 0.416 e. The van der Waals surface area contributed by atoms with Crippen LogP contribution in [0.3, 0.4) is 0 Å². The molecule has 0 bridgehead atoms. The Hall–Kier alpha value is -3.38. The molecule has 0 fully saturated rings. The standard InChI is InChI=1S/C27H28F3N3O2S/c1-4-6-15-36-26-18(16-31)23(17-11-7-8-12-19(17)27(28,29)30)24(20(5-2)33-26)25(34)32-21-13-9-10-14-22(21)35-3/h7-14,23,33H,4-6,15H2,1-3H3,(H,32,34). The van der Waals surface area contributed by atoms with Gasteiger partial charge < -0.3 is 15.4 Å². The van der Waals surface area contributed by atoms with Gasteiger partial charge in [0.05, 0.1) is 40.9 Å². The molecule has 3 rings (SSSR count). The highest BCUT2D eigenvalue weighted by atomic mass is 32.2. The van der Waals surface area contributed by atoms with Crippen molar-refractivity contribution in [3.05, 3.63) is 81.5 Å². The Balaban J connectivity index is 2.21. The predicted octanol–water partition coefficient (Wildman–Crippen LogP) is 6.97. The molecular weight excluding hydrogens is 487 g/mol. The number of halogens is 3. The number of hydrogen-bond donors (Lipinski definition) is 2. The topological polar surface area (TPSA) is 74.2 Å². The summed E-state index contributed by atoms with van der Waals surface area (Å²) in [5.41, 5.74) is 0.0174. The van der Waals surface area contributed by atoms with Gasteiger partial charge in [-0.2, -0.15) is 18.4 Å². The molecule has 0 radical (unpaired) electrons. The van der Waals surface area contributed by atoms with Gasteiger partial charge in [0, 0.05) is 11.3 Å². The number of carbonyl (C=O) groups is 1. The molecule has 2 aromatic rings. The normalized spacial score (nSPS) is 15.9. The highest BCUT2D eigenvalue weighted by Gasteiger charge is 2.41. The van der Waals surface area contributed by atoms with Crippen molar-refractivity contribution in [2.75, 3.05) is 18.2 Å². The monoisotopic (exact) mass is 515 g/mol. The Bertz CT molecular complexity index is 1220. The Labute approximate surface area is 213 Å². The van der Waals surface area contributed by atoms with E-state index in [4.69, 9.17) is 4.74 Å². The van der Waals surface area contributed by atoms with E-state index >= 15 is 0 Å². The number of amides is 1. The molecule has 190 valence electrons. The van der Waals surface area contributed by atoms with Crippen molar-refractivity contribution in [1.29, 1.82) is 5.26 Å². The van der Waals surface area contributed by atoms with Crippen LogP contribution in [0, 0.1) is 11.3 Å². The summed E-state index contributed by atoms with van der Waals surface area (Å²) in [5.74, 6) is -0.691. The minimum absolute atomic E-state index is 0.0801. The summed E-state index contributed by atoms with van der Waals surface area (Å²) in [4.78, 5) is 13.7. The maximum atomic E-state index is 14.1. The van der Waals surface area contributed by atoms with Crippen molar-refractivity contribution < 1.29 is 22.7 Å². The van der Waals surface area contributed by atoms with Crippen molar-refractivity contribution >= 4 is 23.4 Å². The van der Waals surface area contributed by atoms with E-state index in [1.54, 1.807) is 24.3 Å². The fourth-order valence-corrected chi connectivity index (χ4v) is 5.22. The van der Waals surface area contributed by atoms with E-state index in [0.717, 1.165) is 18.9 Å². The molecule has 0 aromatic heterocycles. The van der Waals surface area contributed by atoms with Crippen LogP contribution in [-0.4, -0.2) is 18.8 Å². The molecule has 36 heavy (non-hydrogen) atoms. The van der Waals surface area contributed by atoms with Gasteiger partial charge in [-0.3, -0.25) is 4.79 Å². The second-order valence-electron chi connectivity index (χ2n) is 8.10. The number of alkyl halides is 3. The summed E-state index contributed by atoms with van der Waals surface area (Å²) in [6, 6.07) is 14.0. The molecule has 1 amide bonds. The lowest BCUT2D eigenvalue weighted by Gasteiger charge is -2.32. The van der Waals surface area contributed by atoms with Gasteiger partial charge in [-0.25, -0.2) is 0 Å². The molecule has 1 heterocycles. The third-order valence-electron chi connectivity index (χ3n) is 5.81. The van der Waals surface area contributed by atoms with Gasteiger partial charge >= 0.3 is 6.18 Å². The van der Waals surface area contributed by atoms with Crippen LogP contribution in [0.1, 0.15) is 50.2 Å². The number of benzene rings is 2. The second-order valence-corrected chi connectivity index (χ2v) is 9.21. The number of methoxy groups -OCH3 is 1. The summed E-state index contributed by atoms with van der Waals surface area (Å²) < 4.78 is 47.6. The molecule has 1 aliphatic heterocycles. The Kier molecular flexibility index (Phi) is 9.10. The van der Waals surface area contributed by atoms with Crippen molar-refractivity contribution in [2.45, 2.75) is 45.2 Å². The zero-order valence-corrected chi connectivity index (χ0v) is 21.1. The van der Waals surface area contributed by atoms with E-state index in [1.165, 1.54) is 37.1 Å². The van der Waals surface area contributed by atoms with Gasteiger partial charge in [-0.05, 0) is 42.4 Å². The molecule has 5 nitrogen and oxygen atoms in total. The average Bonchev–Trinajstić information content (AvgIpc) is 2.87. The number of nitriles is 1. The van der Waals surface area contributed by atoms with E-state index in [2.05, 4.69) is 16.7 Å². The SMILES string of the molecule is CCCCSC1=C(C#N)C(c2ccccc2C(F)(F)F)C(C(=O)Nc2ccccc2OC)=C(CC)N1. The average molecular weight is 516 g/mol. The Morgan fingerprint density at radius 3 is 2.50 bits per heavy atom. The number of nitrogens with one attached hydrogen (secondary N) is 2. The Morgan fingerprint density at radius 2 is 1.86 bits per heavy atom. The van der Waals surface area contributed by atoms with Crippen LogP contribution in [0.2, 0.25) is 0 Å². The van der Waals surface area contributed by atoms with Gasteiger partial charge in [0.25, 0.3) is 5.91 Å². The largest absolute Gasteiger partial charge is 0.495 e. The summed E-state index contributed by atoms with van der Waals surface area (Å²) in [6.45, 7) is 3.85. The lowest BCUT2D eigenvalue weighted by atomic mass is 9.79. The molecule has 1 aliphatic rings. The first kappa shape index (κ1) is 27.2. The van der Waals surface area contributed by atoms with Gasteiger partial charge in [-0.15, -0.1) is 11.8 Å². The Morgan fingerprint density at radius 1 is 1.17 bits per heavy atom. The number of thioether (sulfide) groups is 1. The molecule has 2 aromatic carbocycles. The number of carbonyl (C=O) groups excluding carboxylic acids is 1. The lowest BCUT2D eigenvalue weighted by molar-refractivity contribution is -0.138. The minimum Gasteiger partial charge on any atom is -0.495 e. The number of unbranched alkanes of at least 4 members (excludes halogenated alkanes) is 1. The summed E-state index contributed by atoms with van der Waals surface area (Å²) in [7, 11) is 1.46. The number of para-hydroxylation sites is 2. The number of nitrogens with zero attached hydrogens (tertiary/aromatic N) is 1. The molecule has 0 spiro atoms. The molecule has 1 unspecified atom stereocenters. The number of dihydropyridines is 1. The van der Waals surface area contributed by atoms with Crippen LogP contribution >= 0.6 is 11.8 Å². The van der Waals surface area contributed by atoms with E-state index in [1.807, 2.05) is 13.8 Å². The van der Waals surface area contributed by atoms with Gasteiger partial charge in [0.2, 0.25) is 0 Å². The second kappa shape index (κ2) is 12.0. The fraction of sp³-hybridized carbons (Fsp3) is 0.333. The van der Waals surface area contributed by atoms with Crippen LogP contribution in [-0.2, 0) is 11.0 Å².